The van der Waals surface area contributed by atoms with Crippen molar-refractivity contribution >= 4 is 28.5 Å². The zero-order valence-electron chi connectivity index (χ0n) is 16.0. The van der Waals surface area contributed by atoms with Crippen molar-refractivity contribution in [3.8, 4) is 17.0 Å². The van der Waals surface area contributed by atoms with Crippen molar-refractivity contribution in [1.29, 1.82) is 0 Å². The molecule has 1 aliphatic heterocycles. The standard InChI is InChI=1S/C24H18ClN3O2/c25-18-7-3-1-5-16(18)22-14-26-21-13-15(9-10-20(21)27-22)24(29)28-19-11-12-30-23-8-4-2-6-17(19)23/h1-10,13-14,19H,11-12H2,(H,28,29)/t19-/m0/s1. The number of halogens is 1. The fourth-order valence-electron chi connectivity index (χ4n) is 3.68. The minimum atomic E-state index is -0.143. The van der Waals surface area contributed by atoms with Gasteiger partial charge in [-0.25, -0.2) is 4.98 Å². The number of fused-ring (bicyclic) bond motifs is 2. The second-order valence-corrected chi connectivity index (χ2v) is 7.55. The molecule has 30 heavy (non-hydrogen) atoms. The molecule has 0 saturated heterocycles. The van der Waals surface area contributed by atoms with Crippen molar-refractivity contribution in [1.82, 2.24) is 15.3 Å². The first kappa shape index (κ1) is 18.6. The van der Waals surface area contributed by atoms with E-state index in [0.29, 0.717) is 33.9 Å². The first-order valence-corrected chi connectivity index (χ1v) is 10.1. The summed E-state index contributed by atoms with van der Waals surface area (Å²) < 4.78 is 5.68. The minimum absolute atomic E-state index is 0.0770. The van der Waals surface area contributed by atoms with Crippen LogP contribution >= 0.6 is 11.6 Å². The van der Waals surface area contributed by atoms with E-state index in [2.05, 4.69) is 15.3 Å². The van der Waals surface area contributed by atoms with Gasteiger partial charge >= 0.3 is 0 Å². The van der Waals surface area contributed by atoms with E-state index in [1.165, 1.54) is 0 Å². The number of ether oxygens (including phenoxy) is 1. The third-order valence-electron chi connectivity index (χ3n) is 5.22. The summed E-state index contributed by atoms with van der Waals surface area (Å²) in [6.45, 7) is 0.579. The number of carbonyl (C=O) groups excluding carboxylic acids is 1. The van der Waals surface area contributed by atoms with Crippen LogP contribution < -0.4 is 10.1 Å². The van der Waals surface area contributed by atoms with Gasteiger partial charge in [0, 0.05) is 23.1 Å². The molecule has 5 nitrogen and oxygen atoms in total. The molecular formula is C24H18ClN3O2. The molecule has 1 amide bonds. The predicted molar refractivity (Wildman–Crippen MR) is 117 cm³/mol. The summed E-state index contributed by atoms with van der Waals surface area (Å²) in [7, 11) is 0. The van der Waals surface area contributed by atoms with E-state index in [-0.39, 0.29) is 11.9 Å². The molecule has 4 aromatic rings. The van der Waals surface area contributed by atoms with Gasteiger partial charge in [0.05, 0.1) is 40.6 Å². The summed E-state index contributed by atoms with van der Waals surface area (Å²) in [4.78, 5) is 22.0. The highest BCUT2D eigenvalue weighted by atomic mass is 35.5. The largest absolute Gasteiger partial charge is 0.493 e. The van der Waals surface area contributed by atoms with Gasteiger partial charge in [0.1, 0.15) is 5.75 Å². The topological polar surface area (TPSA) is 64.1 Å². The maximum absolute atomic E-state index is 12.9. The number of benzene rings is 3. The van der Waals surface area contributed by atoms with Crippen molar-refractivity contribution in [2.75, 3.05) is 6.61 Å². The summed E-state index contributed by atoms with van der Waals surface area (Å²) in [6, 6.07) is 20.6. The van der Waals surface area contributed by atoms with E-state index in [1.807, 2.05) is 54.6 Å². The van der Waals surface area contributed by atoms with Crippen LogP contribution in [0, 0.1) is 0 Å². The maximum atomic E-state index is 12.9. The lowest BCUT2D eigenvalue weighted by Gasteiger charge is -2.26. The lowest BCUT2D eigenvalue weighted by Crippen LogP contribution is -2.32. The second-order valence-electron chi connectivity index (χ2n) is 7.14. The molecule has 0 radical (unpaired) electrons. The lowest BCUT2D eigenvalue weighted by atomic mass is 10.00. The number of amides is 1. The Kier molecular flexibility index (Phi) is 4.81. The van der Waals surface area contributed by atoms with Crippen LogP contribution in [0.2, 0.25) is 5.02 Å². The van der Waals surface area contributed by atoms with E-state index >= 15 is 0 Å². The Bertz CT molecular complexity index is 1260. The predicted octanol–water partition coefficient (Wildman–Crippen LogP) is 5.20. The average molecular weight is 416 g/mol. The van der Waals surface area contributed by atoms with Crippen LogP contribution in [0.5, 0.6) is 5.75 Å². The van der Waals surface area contributed by atoms with Crippen molar-refractivity contribution in [2.45, 2.75) is 12.5 Å². The molecule has 1 N–H and O–H groups in total. The highest BCUT2D eigenvalue weighted by molar-refractivity contribution is 6.33. The van der Waals surface area contributed by atoms with Gasteiger partial charge in [0.2, 0.25) is 0 Å². The van der Waals surface area contributed by atoms with Crippen LogP contribution in [0.15, 0.2) is 72.9 Å². The Balaban J connectivity index is 1.41. The van der Waals surface area contributed by atoms with Gasteiger partial charge < -0.3 is 10.1 Å². The number of hydrogen-bond acceptors (Lipinski definition) is 4. The number of carbonyl (C=O) groups is 1. The summed E-state index contributed by atoms with van der Waals surface area (Å²) >= 11 is 6.28. The van der Waals surface area contributed by atoms with Crippen LogP contribution in [0.3, 0.4) is 0 Å². The minimum Gasteiger partial charge on any atom is -0.493 e. The van der Waals surface area contributed by atoms with Crippen LogP contribution in [0.4, 0.5) is 0 Å². The van der Waals surface area contributed by atoms with E-state index < -0.39 is 0 Å². The molecular weight excluding hydrogens is 398 g/mol. The molecule has 2 heterocycles. The van der Waals surface area contributed by atoms with E-state index in [4.69, 9.17) is 16.3 Å². The van der Waals surface area contributed by atoms with Gasteiger partial charge in [-0.1, -0.05) is 48.0 Å². The molecule has 0 bridgehead atoms. The number of nitrogens with one attached hydrogen (secondary N) is 1. The van der Waals surface area contributed by atoms with Crippen LogP contribution in [-0.2, 0) is 0 Å². The van der Waals surface area contributed by atoms with Crippen molar-refractivity contribution < 1.29 is 9.53 Å². The highest BCUT2D eigenvalue weighted by Gasteiger charge is 2.23. The molecule has 6 heteroatoms. The number of rotatable bonds is 3. The molecule has 0 aliphatic carbocycles. The lowest BCUT2D eigenvalue weighted by molar-refractivity contribution is 0.0925. The molecule has 0 fully saturated rings. The van der Waals surface area contributed by atoms with E-state index in [9.17, 15) is 4.79 Å². The number of hydrogen-bond donors (Lipinski definition) is 1. The fraction of sp³-hybridized carbons (Fsp3) is 0.125. The molecule has 1 aliphatic rings. The van der Waals surface area contributed by atoms with Crippen LogP contribution in [-0.4, -0.2) is 22.5 Å². The third-order valence-corrected chi connectivity index (χ3v) is 5.55. The molecule has 3 aromatic carbocycles. The first-order chi connectivity index (χ1) is 14.7. The van der Waals surface area contributed by atoms with Crippen molar-refractivity contribution in [3.05, 3.63) is 89.1 Å². The maximum Gasteiger partial charge on any atom is 0.251 e. The van der Waals surface area contributed by atoms with Gasteiger partial charge in [-0.2, -0.15) is 0 Å². The summed E-state index contributed by atoms with van der Waals surface area (Å²) in [5, 5.41) is 3.74. The Labute approximate surface area is 178 Å². The smallest absolute Gasteiger partial charge is 0.251 e. The second kappa shape index (κ2) is 7.76. The monoisotopic (exact) mass is 415 g/mol. The van der Waals surface area contributed by atoms with Gasteiger partial charge in [0.25, 0.3) is 5.91 Å². The fourth-order valence-corrected chi connectivity index (χ4v) is 3.92. The molecule has 0 saturated carbocycles. The Morgan fingerprint density at radius 2 is 1.87 bits per heavy atom. The third kappa shape index (κ3) is 3.48. The zero-order chi connectivity index (χ0) is 20.5. The number of aromatic nitrogens is 2. The number of nitrogens with zero attached hydrogens (tertiary/aromatic N) is 2. The molecule has 1 atom stereocenters. The van der Waals surface area contributed by atoms with Gasteiger partial charge in [-0.05, 0) is 30.3 Å². The molecule has 0 unspecified atom stereocenters. The van der Waals surface area contributed by atoms with Crippen LogP contribution in [0.1, 0.15) is 28.4 Å². The summed E-state index contributed by atoms with van der Waals surface area (Å²) in [5.41, 5.74) is 4.44. The normalized spacial score (nSPS) is 15.3. The zero-order valence-corrected chi connectivity index (χ0v) is 16.8. The van der Waals surface area contributed by atoms with Crippen LogP contribution in [0.25, 0.3) is 22.3 Å². The highest BCUT2D eigenvalue weighted by Crippen LogP contribution is 2.32. The van der Waals surface area contributed by atoms with Gasteiger partial charge in [-0.15, -0.1) is 0 Å². The van der Waals surface area contributed by atoms with Gasteiger partial charge in [0.15, 0.2) is 0 Å². The summed E-state index contributed by atoms with van der Waals surface area (Å²) in [5.74, 6) is 0.682. The van der Waals surface area contributed by atoms with Crippen molar-refractivity contribution in [2.24, 2.45) is 0 Å². The molecule has 5 rings (SSSR count). The van der Waals surface area contributed by atoms with E-state index in [1.54, 1.807) is 18.3 Å². The average Bonchev–Trinajstić information content (AvgIpc) is 2.79. The summed E-state index contributed by atoms with van der Waals surface area (Å²) in [6.07, 6.45) is 2.41. The Morgan fingerprint density at radius 1 is 1.03 bits per heavy atom. The van der Waals surface area contributed by atoms with E-state index in [0.717, 1.165) is 23.3 Å². The first-order valence-electron chi connectivity index (χ1n) is 9.73. The van der Waals surface area contributed by atoms with Crippen molar-refractivity contribution in [3.63, 3.8) is 0 Å². The molecule has 1 aromatic heterocycles. The SMILES string of the molecule is O=C(N[C@H]1CCOc2ccccc21)c1ccc2nc(-c3ccccc3Cl)cnc2c1. The Morgan fingerprint density at radius 3 is 2.77 bits per heavy atom. The molecule has 0 spiro atoms. The quantitative estimate of drug-likeness (QED) is 0.499. The van der Waals surface area contributed by atoms with Gasteiger partial charge in [-0.3, -0.25) is 9.78 Å². The molecule has 148 valence electrons. The Hall–Kier alpha value is -3.44. The number of para-hydroxylation sites is 1.